The number of hydrogen-bond acceptors (Lipinski definition) is 2. The summed E-state index contributed by atoms with van der Waals surface area (Å²) in [6.45, 7) is 9.89. The molecule has 0 spiro atoms. The summed E-state index contributed by atoms with van der Waals surface area (Å²) in [7, 11) is 0. The second-order valence-electron chi connectivity index (χ2n) is 3.67. The molecular formula is C14H24N2. The molecule has 0 aromatic carbocycles. The zero-order chi connectivity index (χ0) is 12.1. The van der Waals surface area contributed by atoms with Crippen molar-refractivity contribution in [3.63, 3.8) is 0 Å². The topological polar surface area (TPSA) is 24.9 Å². The summed E-state index contributed by atoms with van der Waals surface area (Å²) in [5.74, 6) is 0. The third-order valence-corrected chi connectivity index (χ3v) is 2.06. The average molecular weight is 220 g/mol. The van der Waals surface area contributed by atoms with Crippen LogP contribution in [0.15, 0.2) is 37.1 Å². The molecule has 0 unspecified atom stereocenters. The van der Waals surface area contributed by atoms with E-state index in [2.05, 4.69) is 23.8 Å². The maximum absolute atomic E-state index is 3.98. The molecule has 0 fully saturated rings. The second kappa shape index (κ2) is 11.9. The Morgan fingerprint density at radius 1 is 1.38 bits per heavy atom. The van der Waals surface area contributed by atoms with Gasteiger partial charge in [0.05, 0.1) is 0 Å². The van der Waals surface area contributed by atoms with Gasteiger partial charge in [-0.15, -0.1) is 6.58 Å². The van der Waals surface area contributed by atoms with Crippen LogP contribution in [0.25, 0.3) is 0 Å². The van der Waals surface area contributed by atoms with Crippen LogP contribution in [0.1, 0.15) is 31.9 Å². The summed E-state index contributed by atoms with van der Waals surface area (Å²) in [5.41, 5.74) is 1.07. The third kappa shape index (κ3) is 10.9. The smallest absolute Gasteiger partial charge is 0.0372 e. The number of rotatable bonds is 6. The standard InChI is InChI=1S/C8H17N.C6H7N/c1-3-5-6-8-9-7-4-2;1-6-4-2-3-5-7-6/h4,9H,2-3,5-8H2,1H3;2-5H,1H3. The van der Waals surface area contributed by atoms with Gasteiger partial charge in [-0.2, -0.15) is 0 Å². The van der Waals surface area contributed by atoms with Crippen LogP contribution in [0.3, 0.4) is 0 Å². The molecule has 2 heteroatoms. The minimum Gasteiger partial charge on any atom is -0.313 e. The molecule has 1 aromatic heterocycles. The predicted octanol–water partition coefficient (Wildman–Crippen LogP) is 3.34. The summed E-state index contributed by atoms with van der Waals surface area (Å²) < 4.78 is 0. The highest BCUT2D eigenvalue weighted by atomic mass is 14.8. The molecule has 1 aromatic rings. The number of hydrogen-bond donors (Lipinski definition) is 1. The van der Waals surface area contributed by atoms with Gasteiger partial charge in [0.2, 0.25) is 0 Å². The van der Waals surface area contributed by atoms with E-state index in [1.807, 2.05) is 31.2 Å². The first-order chi connectivity index (χ1) is 7.81. The first-order valence-corrected chi connectivity index (χ1v) is 6.00. The molecule has 16 heavy (non-hydrogen) atoms. The summed E-state index contributed by atoms with van der Waals surface area (Å²) in [6.07, 6.45) is 7.62. The van der Waals surface area contributed by atoms with Crippen molar-refractivity contribution in [1.29, 1.82) is 0 Å². The fourth-order valence-electron chi connectivity index (χ4n) is 1.15. The number of unbranched alkanes of at least 4 members (excludes halogenated alkanes) is 2. The van der Waals surface area contributed by atoms with Crippen molar-refractivity contribution in [3.05, 3.63) is 42.7 Å². The van der Waals surface area contributed by atoms with E-state index in [1.165, 1.54) is 19.3 Å². The average Bonchev–Trinajstić information content (AvgIpc) is 2.31. The highest BCUT2D eigenvalue weighted by molar-refractivity contribution is 4.99. The predicted molar refractivity (Wildman–Crippen MR) is 71.6 cm³/mol. The van der Waals surface area contributed by atoms with E-state index in [1.54, 1.807) is 6.20 Å². The maximum Gasteiger partial charge on any atom is 0.0372 e. The third-order valence-electron chi connectivity index (χ3n) is 2.06. The molecule has 1 heterocycles. The van der Waals surface area contributed by atoms with Gasteiger partial charge in [-0.25, -0.2) is 0 Å². The van der Waals surface area contributed by atoms with Crippen molar-refractivity contribution in [2.75, 3.05) is 13.1 Å². The number of aromatic nitrogens is 1. The van der Waals surface area contributed by atoms with Crippen molar-refractivity contribution in [1.82, 2.24) is 10.3 Å². The Morgan fingerprint density at radius 2 is 2.19 bits per heavy atom. The molecular weight excluding hydrogens is 196 g/mol. The molecule has 0 amide bonds. The van der Waals surface area contributed by atoms with Crippen LogP contribution in [0.5, 0.6) is 0 Å². The van der Waals surface area contributed by atoms with Gasteiger partial charge in [-0.05, 0) is 32.0 Å². The lowest BCUT2D eigenvalue weighted by molar-refractivity contribution is 0.647. The van der Waals surface area contributed by atoms with Crippen molar-refractivity contribution >= 4 is 0 Å². The van der Waals surface area contributed by atoms with Gasteiger partial charge in [-0.1, -0.05) is 31.9 Å². The fourth-order valence-corrected chi connectivity index (χ4v) is 1.15. The highest BCUT2D eigenvalue weighted by Gasteiger charge is 1.82. The largest absolute Gasteiger partial charge is 0.313 e. The first kappa shape index (κ1) is 14.8. The summed E-state index contributed by atoms with van der Waals surface area (Å²) >= 11 is 0. The Balaban J connectivity index is 0.000000288. The Morgan fingerprint density at radius 3 is 2.62 bits per heavy atom. The lowest BCUT2D eigenvalue weighted by Crippen LogP contribution is -2.14. The summed E-state index contributed by atoms with van der Waals surface area (Å²) in [6, 6.07) is 5.86. The SMILES string of the molecule is C=CCNCCCCC.Cc1ccccn1. The zero-order valence-corrected chi connectivity index (χ0v) is 10.6. The van der Waals surface area contributed by atoms with E-state index in [0.717, 1.165) is 18.8 Å². The summed E-state index contributed by atoms with van der Waals surface area (Å²) in [5, 5.41) is 3.25. The first-order valence-electron chi connectivity index (χ1n) is 6.00. The second-order valence-corrected chi connectivity index (χ2v) is 3.67. The Kier molecular flexibility index (Phi) is 11.1. The molecule has 0 aliphatic rings. The number of nitrogens with one attached hydrogen (secondary N) is 1. The Bertz CT molecular complexity index is 244. The van der Waals surface area contributed by atoms with Crippen LogP contribution < -0.4 is 5.32 Å². The zero-order valence-electron chi connectivity index (χ0n) is 10.6. The molecule has 0 atom stereocenters. The molecule has 1 N–H and O–H groups in total. The van der Waals surface area contributed by atoms with Gasteiger partial charge in [-0.3, -0.25) is 4.98 Å². The monoisotopic (exact) mass is 220 g/mol. The minimum atomic E-state index is 0.948. The van der Waals surface area contributed by atoms with E-state index in [4.69, 9.17) is 0 Å². The molecule has 90 valence electrons. The van der Waals surface area contributed by atoms with Gasteiger partial charge in [0.25, 0.3) is 0 Å². The van der Waals surface area contributed by atoms with Gasteiger partial charge in [0.1, 0.15) is 0 Å². The molecule has 2 nitrogen and oxygen atoms in total. The van der Waals surface area contributed by atoms with Crippen molar-refractivity contribution in [2.45, 2.75) is 33.1 Å². The van der Waals surface area contributed by atoms with Crippen LogP contribution in [0.4, 0.5) is 0 Å². The van der Waals surface area contributed by atoms with Gasteiger partial charge < -0.3 is 5.32 Å². The van der Waals surface area contributed by atoms with Crippen LogP contribution in [-0.2, 0) is 0 Å². The lowest BCUT2D eigenvalue weighted by Gasteiger charge is -1.98. The molecule has 0 bridgehead atoms. The van der Waals surface area contributed by atoms with Gasteiger partial charge >= 0.3 is 0 Å². The van der Waals surface area contributed by atoms with Crippen molar-refractivity contribution < 1.29 is 0 Å². The normalized spacial score (nSPS) is 9.12. The van der Waals surface area contributed by atoms with Crippen LogP contribution in [0.2, 0.25) is 0 Å². The highest BCUT2D eigenvalue weighted by Crippen LogP contribution is 1.90. The van der Waals surface area contributed by atoms with E-state index in [-0.39, 0.29) is 0 Å². The quantitative estimate of drug-likeness (QED) is 0.587. The lowest BCUT2D eigenvalue weighted by atomic mass is 10.2. The van der Waals surface area contributed by atoms with Crippen LogP contribution in [-0.4, -0.2) is 18.1 Å². The maximum atomic E-state index is 3.98. The molecule has 0 saturated heterocycles. The number of pyridine rings is 1. The minimum absolute atomic E-state index is 0.948. The molecule has 1 rings (SSSR count). The molecule has 0 aliphatic heterocycles. The van der Waals surface area contributed by atoms with E-state index >= 15 is 0 Å². The fraction of sp³-hybridized carbons (Fsp3) is 0.500. The van der Waals surface area contributed by atoms with Crippen LogP contribution >= 0.6 is 0 Å². The number of nitrogens with zero attached hydrogens (tertiary/aromatic N) is 1. The van der Waals surface area contributed by atoms with E-state index < -0.39 is 0 Å². The van der Waals surface area contributed by atoms with E-state index in [9.17, 15) is 0 Å². The molecule has 0 saturated carbocycles. The molecule has 0 radical (unpaired) electrons. The van der Waals surface area contributed by atoms with Gasteiger partial charge in [0, 0.05) is 18.4 Å². The molecule has 0 aliphatic carbocycles. The van der Waals surface area contributed by atoms with Crippen LogP contribution in [0, 0.1) is 6.92 Å². The van der Waals surface area contributed by atoms with Crippen molar-refractivity contribution in [3.8, 4) is 0 Å². The Hall–Kier alpha value is -1.15. The Labute approximate surface area is 99.8 Å². The van der Waals surface area contributed by atoms with Crippen molar-refractivity contribution in [2.24, 2.45) is 0 Å². The van der Waals surface area contributed by atoms with Gasteiger partial charge in [0.15, 0.2) is 0 Å². The number of aryl methyl sites for hydroxylation is 1. The van der Waals surface area contributed by atoms with E-state index in [0.29, 0.717) is 0 Å². The summed E-state index contributed by atoms with van der Waals surface area (Å²) in [4.78, 5) is 3.98.